The molecule has 0 radical (unpaired) electrons. The van der Waals surface area contributed by atoms with Crippen molar-refractivity contribution in [3.05, 3.63) is 29.3 Å². The number of aryl methyl sites for hydroxylation is 2. The Labute approximate surface area is 108 Å². The average molecular weight is 276 g/mol. The van der Waals surface area contributed by atoms with Crippen molar-refractivity contribution in [2.75, 3.05) is 6.61 Å². The summed E-state index contributed by atoms with van der Waals surface area (Å²) < 4.78 is 43.3. The lowest BCUT2D eigenvalue weighted by Crippen LogP contribution is -2.40. The van der Waals surface area contributed by atoms with Gasteiger partial charge in [0.1, 0.15) is 18.3 Å². The van der Waals surface area contributed by atoms with Crippen molar-refractivity contribution < 1.29 is 23.1 Å². The number of rotatable bonds is 4. The Morgan fingerprint density at radius 2 is 1.89 bits per heavy atom. The number of hydrogen-bond donors (Lipinski definition) is 2. The quantitative estimate of drug-likeness (QED) is 0.384. The third-order valence-electron chi connectivity index (χ3n) is 2.67. The van der Waals surface area contributed by atoms with E-state index in [1.54, 1.807) is 32.0 Å². The molecule has 1 aromatic rings. The van der Waals surface area contributed by atoms with Crippen LogP contribution in [-0.2, 0) is 0 Å². The van der Waals surface area contributed by atoms with E-state index in [1.165, 1.54) is 0 Å². The fourth-order valence-electron chi connectivity index (χ4n) is 1.61. The number of nitrogens with two attached hydrogens (primary N) is 1. The molecular weight excluding hydrogens is 261 g/mol. The average Bonchev–Trinajstić information content (AvgIpc) is 2.30. The van der Waals surface area contributed by atoms with Crippen molar-refractivity contribution in [1.29, 1.82) is 0 Å². The van der Waals surface area contributed by atoms with Crippen molar-refractivity contribution in [3.63, 3.8) is 0 Å². The van der Waals surface area contributed by atoms with Crippen molar-refractivity contribution in [3.8, 4) is 5.75 Å². The highest BCUT2D eigenvalue weighted by molar-refractivity contribution is 5.83. The Kier molecular flexibility index (Phi) is 4.63. The predicted molar refractivity (Wildman–Crippen MR) is 64.4 cm³/mol. The van der Waals surface area contributed by atoms with E-state index in [9.17, 15) is 13.2 Å². The molecule has 0 spiro atoms. The molecule has 19 heavy (non-hydrogen) atoms. The number of oxime groups is 1. The van der Waals surface area contributed by atoms with E-state index in [0.29, 0.717) is 5.75 Å². The van der Waals surface area contributed by atoms with E-state index < -0.39 is 24.5 Å². The number of ether oxygens (including phenoxy) is 1. The fraction of sp³-hybridized carbons (Fsp3) is 0.417. The molecule has 0 amide bonds. The minimum absolute atomic E-state index is 0.377. The van der Waals surface area contributed by atoms with Crippen LogP contribution in [0.5, 0.6) is 5.75 Å². The predicted octanol–water partition coefficient (Wildman–Crippen LogP) is 2.61. The number of para-hydroxylation sites is 1. The van der Waals surface area contributed by atoms with Crippen LogP contribution in [0.4, 0.5) is 13.2 Å². The van der Waals surface area contributed by atoms with Gasteiger partial charge in [0, 0.05) is 0 Å². The van der Waals surface area contributed by atoms with Crippen LogP contribution in [0, 0.1) is 19.8 Å². The number of alkyl halides is 3. The van der Waals surface area contributed by atoms with Crippen LogP contribution in [0.1, 0.15) is 11.1 Å². The molecule has 3 N–H and O–H groups in total. The van der Waals surface area contributed by atoms with Crippen LogP contribution in [0.25, 0.3) is 0 Å². The van der Waals surface area contributed by atoms with Crippen LogP contribution >= 0.6 is 0 Å². The van der Waals surface area contributed by atoms with Crippen LogP contribution in [0.3, 0.4) is 0 Å². The van der Waals surface area contributed by atoms with Gasteiger partial charge in [-0.3, -0.25) is 0 Å². The van der Waals surface area contributed by atoms with Gasteiger partial charge >= 0.3 is 6.18 Å². The van der Waals surface area contributed by atoms with E-state index in [2.05, 4.69) is 5.16 Å². The fourth-order valence-corrected chi connectivity index (χ4v) is 1.61. The molecule has 0 fully saturated rings. The van der Waals surface area contributed by atoms with Gasteiger partial charge < -0.3 is 15.7 Å². The van der Waals surface area contributed by atoms with Gasteiger partial charge in [0.05, 0.1) is 0 Å². The molecule has 1 aromatic carbocycles. The van der Waals surface area contributed by atoms with Gasteiger partial charge in [-0.15, -0.1) is 0 Å². The Morgan fingerprint density at radius 1 is 1.37 bits per heavy atom. The SMILES string of the molecule is Cc1cccc(C)c1OCC(/C(N)=N/O)C(F)(F)F. The minimum Gasteiger partial charge on any atom is -0.492 e. The van der Waals surface area contributed by atoms with Crippen LogP contribution in [0.15, 0.2) is 23.4 Å². The van der Waals surface area contributed by atoms with Crippen LogP contribution in [-0.4, -0.2) is 23.8 Å². The number of benzene rings is 1. The van der Waals surface area contributed by atoms with Crippen molar-refractivity contribution in [2.24, 2.45) is 16.8 Å². The van der Waals surface area contributed by atoms with Crippen LogP contribution < -0.4 is 10.5 Å². The number of amidine groups is 1. The molecule has 1 atom stereocenters. The molecule has 0 saturated heterocycles. The lowest BCUT2D eigenvalue weighted by molar-refractivity contribution is -0.162. The van der Waals surface area contributed by atoms with E-state index in [1.807, 2.05) is 0 Å². The van der Waals surface area contributed by atoms with Gasteiger partial charge in [-0.2, -0.15) is 13.2 Å². The highest BCUT2D eigenvalue weighted by Crippen LogP contribution is 2.29. The van der Waals surface area contributed by atoms with Gasteiger partial charge in [0.15, 0.2) is 5.84 Å². The van der Waals surface area contributed by atoms with Crippen molar-refractivity contribution >= 4 is 5.84 Å². The van der Waals surface area contributed by atoms with Gasteiger partial charge in [-0.25, -0.2) is 0 Å². The summed E-state index contributed by atoms with van der Waals surface area (Å²) in [5.41, 5.74) is 6.49. The summed E-state index contributed by atoms with van der Waals surface area (Å²) in [7, 11) is 0. The second-order valence-electron chi connectivity index (χ2n) is 4.15. The van der Waals surface area contributed by atoms with Crippen molar-refractivity contribution in [1.82, 2.24) is 0 Å². The third-order valence-corrected chi connectivity index (χ3v) is 2.67. The summed E-state index contributed by atoms with van der Waals surface area (Å²) in [5.74, 6) is -2.68. The molecule has 4 nitrogen and oxygen atoms in total. The first-order valence-electron chi connectivity index (χ1n) is 5.50. The molecule has 0 bridgehead atoms. The zero-order chi connectivity index (χ0) is 14.6. The maximum Gasteiger partial charge on any atom is 0.402 e. The zero-order valence-electron chi connectivity index (χ0n) is 10.5. The normalized spacial score (nSPS) is 14.3. The highest BCUT2D eigenvalue weighted by Gasteiger charge is 2.43. The number of halogens is 3. The zero-order valence-corrected chi connectivity index (χ0v) is 10.5. The molecule has 0 aromatic heterocycles. The second-order valence-corrected chi connectivity index (χ2v) is 4.15. The summed E-state index contributed by atoms with van der Waals surface area (Å²) in [6, 6.07) is 5.24. The highest BCUT2D eigenvalue weighted by atomic mass is 19.4. The van der Waals surface area contributed by atoms with E-state index in [4.69, 9.17) is 15.7 Å². The first kappa shape index (κ1) is 15.1. The van der Waals surface area contributed by atoms with Crippen molar-refractivity contribution in [2.45, 2.75) is 20.0 Å². The van der Waals surface area contributed by atoms with Gasteiger partial charge in [-0.05, 0) is 25.0 Å². The van der Waals surface area contributed by atoms with Gasteiger partial charge in [0.2, 0.25) is 0 Å². The maximum atomic E-state index is 12.7. The summed E-state index contributed by atoms with van der Waals surface area (Å²) in [4.78, 5) is 0. The van der Waals surface area contributed by atoms with E-state index in [0.717, 1.165) is 11.1 Å². The Bertz CT molecular complexity index is 452. The van der Waals surface area contributed by atoms with E-state index >= 15 is 0 Å². The molecule has 1 unspecified atom stereocenters. The lowest BCUT2D eigenvalue weighted by atomic mass is 10.1. The lowest BCUT2D eigenvalue weighted by Gasteiger charge is -2.20. The summed E-state index contributed by atoms with van der Waals surface area (Å²) >= 11 is 0. The molecule has 1 rings (SSSR count). The summed E-state index contributed by atoms with van der Waals surface area (Å²) in [6.45, 7) is 2.73. The number of hydrogen-bond acceptors (Lipinski definition) is 3. The standard InChI is InChI=1S/C12H15F3N2O2/c1-7-4-3-5-8(2)10(7)19-6-9(11(16)17-18)12(13,14)15/h3-5,9,18H,6H2,1-2H3,(H2,16,17). The Hall–Kier alpha value is -1.92. The third kappa shape index (κ3) is 3.77. The number of nitrogens with zero attached hydrogens (tertiary/aromatic N) is 1. The first-order valence-corrected chi connectivity index (χ1v) is 5.50. The largest absolute Gasteiger partial charge is 0.492 e. The van der Waals surface area contributed by atoms with Crippen LogP contribution in [0.2, 0.25) is 0 Å². The molecule has 0 saturated carbocycles. The first-order chi connectivity index (χ1) is 8.77. The van der Waals surface area contributed by atoms with Gasteiger partial charge in [-0.1, -0.05) is 23.4 Å². The van der Waals surface area contributed by atoms with E-state index in [-0.39, 0.29) is 0 Å². The molecular formula is C12H15F3N2O2. The topological polar surface area (TPSA) is 67.8 Å². The second kappa shape index (κ2) is 5.81. The minimum atomic E-state index is -4.63. The van der Waals surface area contributed by atoms with Gasteiger partial charge in [0.25, 0.3) is 0 Å². The molecule has 106 valence electrons. The summed E-state index contributed by atoms with van der Waals surface area (Å²) in [5, 5.41) is 10.8. The molecule has 0 aliphatic rings. The smallest absolute Gasteiger partial charge is 0.402 e. The molecule has 0 aliphatic heterocycles. The molecule has 0 heterocycles. The Balaban J connectivity index is 2.89. The molecule has 7 heteroatoms. The maximum absolute atomic E-state index is 12.7. The Morgan fingerprint density at radius 3 is 2.32 bits per heavy atom. The summed E-state index contributed by atoms with van der Waals surface area (Å²) in [6.07, 6.45) is -4.63. The monoisotopic (exact) mass is 276 g/mol. The molecule has 0 aliphatic carbocycles.